The lowest BCUT2D eigenvalue weighted by Gasteiger charge is -2.32. The summed E-state index contributed by atoms with van der Waals surface area (Å²) in [4.78, 5) is 15.1. The molecule has 1 atom stereocenters. The van der Waals surface area contributed by atoms with Crippen molar-refractivity contribution in [3.63, 3.8) is 0 Å². The Hall–Kier alpha value is -2.09. The van der Waals surface area contributed by atoms with Gasteiger partial charge in [-0.2, -0.15) is 0 Å². The molecular formula is C20H26ClN3O3S. The summed E-state index contributed by atoms with van der Waals surface area (Å²) in [7, 11) is -0.491. The van der Waals surface area contributed by atoms with Crippen LogP contribution in [-0.4, -0.2) is 39.3 Å². The Labute approximate surface area is 172 Å². The first-order valence-electron chi connectivity index (χ1n) is 8.94. The second-order valence-corrected chi connectivity index (χ2v) is 9.17. The number of amides is 1. The molecule has 6 nitrogen and oxygen atoms in total. The van der Waals surface area contributed by atoms with Gasteiger partial charge in [-0.15, -0.1) is 12.4 Å². The van der Waals surface area contributed by atoms with E-state index in [2.05, 4.69) is 0 Å². The molecule has 0 fully saturated rings. The summed E-state index contributed by atoms with van der Waals surface area (Å²) >= 11 is 0. The molecular weight excluding hydrogens is 398 g/mol. The highest BCUT2D eigenvalue weighted by Gasteiger charge is 2.28. The third kappa shape index (κ3) is 4.01. The predicted molar refractivity (Wildman–Crippen MR) is 115 cm³/mol. The predicted octanol–water partition coefficient (Wildman–Crippen LogP) is 3.02. The van der Waals surface area contributed by atoms with Crippen molar-refractivity contribution in [1.82, 2.24) is 4.31 Å². The molecule has 0 aliphatic carbocycles. The van der Waals surface area contributed by atoms with Crippen molar-refractivity contribution >= 4 is 39.7 Å². The third-order valence-corrected chi connectivity index (χ3v) is 6.91. The topological polar surface area (TPSA) is 83.7 Å². The maximum Gasteiger partial charge on any atom is 0.242 e. The van der Waals surface area contributed by atoms with Crippen LogP contribution in [-0.2, 0) is 21.2 Å². The number of benzene rings is 2. The first-order chi connectivity index (χ1) is 12.7. The molecule has 3 rings (SSSR count). The highest BCUT2D eigenvalue weighted by atomic mass is 35.5. The minimum Gasteiger partial charge on any atom is -0.398 e. The lowest BCUT2D eigenvalue weighted by atomic mass is 9.95. The molecule has 1 unspecified atom stereocenters. The fraction of sp³-hybridized carbons (Fsp3) is 0.350. The van der Waals surface area contributed by atoms with Gasteiger partial charge in [0.15, 0.2) is 0 Å². The average molecular weight is 424 g/mol. The number of sulfonamides is 1. The van der Waals surface area contributed by atoms with Crippen LogP contribution in [0.15, 0.2) is 47.4 Å². The Morgan fingerprint density at radius 2 is 1.79 bits per heavy atom. The van der Waals surface area contributed by atoms with Gasteiger partial charge in [0.05, 0.1) is 10.8 Å². The maximum atomic E-state index is 13.1. The molecule has 1 amide bonds. The summed E-state index contributed by atoms with van der Waals surface area (Å²) in [6.07, 6.45) is 1.75. The number of nitrogen functional groups attached to an aromatic ring is 1. The highest BCUT2D eigenvalue weighted by molar-refractivity contribution is 7.89. The van der Waals surface area contributed by atoms with E-state index < -0.39 is 10.0 Å². The van der Waals surface area contributed by atoms with E-state index in [-0.39, 0.29) is 29.1 Å². The van der Waals surface area contributed by atoms with Gasteiger partial charge in [0, 0.05) is 32.0 Å². The van der Waals surface area contributed by atoms with Crippen molar-refractivity contribution in [2.75, 3.05) is 31.3 Å². The molecule has 28 heavy (non-hydrogen) atoms. The molecule has 0 saturated heterocycles. The number of anilines is 2. The second kappa shape index (κ2) is 8.51. The van der Waals surface area contributed by atoms with E-state index in [1.807, 2.05) is 25.1 Å². The molecule has 1 aliphatic heterocycles. The molecule has 2 aromatic rings. The zero-order valence-electron chi connectivity index (χ0n) is 16.3. The van der Waals surface area contributed by atoms with E-state index >= 15 is 0 Å². The van der Waals surface area contributed by atoms with Crippen molar-refractivity contribution in [3.05, 3.63) is 53.6 Å². The van der Waals surface area contributed by atoms with Gasteiger partial charge in [0.2, 0.25) is 15.9 Å². The molecule has 152 valence electrons. The van der Waals surface area contributed by atoms with Crippen molar-refractivity contribution in [2.24, 2.45) is 0 Å². The van der Waals surface area contributed by atoms with Crippen LogP contribution in [0, 0.1) is 0 Å². The summed E-state index contributed by atoms with van der Waals surface area (Å²) in [5.41, 5.74) is 9.48. The van der Waals surface area contributed by atoms with Crippen LogP contribution in [0.2, 0.25) is 0 Å². The molecule has 2 N–H and O–H groups in total. The smallest absolute Gasteiger partial charge is 0.242 e. The lowest BCUT2D eigenvalue weighted by Crippen LogP contribution is -2.38. The number of rotatable bonds is 4. The summed E-state index contributed by atoms with van der Waals surface area (Å²) < 4.78 is 25.6. The summed E-state index contributed by atoms with van der Waals surface area (Å²) in [6.45, 7) is 2.51. The van der Waals surface area contributed by atoms with Gasteiger partial charge in [-0.25, -0.2) is 12.7 Å². The van der Waals surface area contributed by atoms with E-state index in [4.69, 9.17) is 5.73 Å². The van der Waals surface area contributed by atoms with E-state index in [1.165, 1.54) is 18.4 Å². The molecule has 2 aromatic carbocycles. The highest BCUT2D eigenvalue weighted by Crippen LogP contribution is 2.33. The molecule has 0 aromatic heterocycles. The first kappa shape index (κ1) is 22.2. The van der Waals surface area contributed by atoms with Crippen molar-refractivity contribution in [1.29, 1.82) is 0 Å². The van der Waals surface area contributed by atoms with E-state index in [1.54, 1.807) is 29.2 Å². The SMILES string of the molecule is CC(C(=O)N1CCCc2c(N)cccc21)c1ccc(S(=O)(=O)N(C)C)cc1.Cl. The Morgan fingerprint density at radius 1 is 1.14 bits per heavy atom. The van der Waals surface area contributed by atoms with Crippen LogP contribution in [0.4, 0.5) is 11.4 Å². The number of nitrogens with two attached hydrogens (primary N) is 1. The summed E-state index contributed by atoms with van der Waals surface area (Å²) in [5.74, 6) is -0.391. The third-order valence-electron chi connectivity index (χ3n) is 5.08. The lowest BCUT2D eigenvalue weighted by molar-refractivity contribution is -0.119. The Kier molecular flexibility index (Phi) is 6.75. The minimum absolute atomic E-state index is 0. The molecule has 1 aliphatic rings. The molecule has 8 heteroatoms. The van der Waals surface area contributed by atoms with Crippen molar-refractivity contribution in [3.8, 4) is 0 Å². The van der Waals surface area contributed by atoms with Gasteiger partial charge in [-0.3, -0.25) is 4.79 Å². The molecule has 0 saturated carbocycles. The minimum atomic E-state index is -3.48. The fourth-order valence-electron chi connectivity index (χ4n) is 3.40. The first-order valence-corrected chi connectivity index (χ1v) is 10.4. The molecule has 1 heterocycles. The van der Waals surface area contributed by atoms with Crippen LogP contribution >= 0.6 is 12.4 Å². The quantitative estimate of drug-likeness (QED) is 0.766. The maximum absolute atomic E-state index is 13.1. The number of fused-ring (bicyclic) bond motifs is 1. The Balaban J connectivity index is 0.00000280. The number of nitrogens with zero attached hydrogens (tertiary/aromatic N) is 2. The second-order valence-electron chi connectivity index (χ2n) is 7.02. The largest absolute Gasteiger partial charge is 0.398 e. The van der Waals surface area contributed by atoms with Crippen LogP contribution in [0.25, 0.3) is 0 Å². The Morgan fingerprint density at radius 3 is 2.39 bits per heavy atom. The Bertz CT molecular complexity index is 959. The number of carbonyl (C=O) groups is 1. The van der Waals surface area contributed by atoms with Gasteiger partial charge in [0.25, 0.3) is 0 Å². The zero-order valence-corrected chi connectivity index (χ0v) is 17.9. The zero-order chi connectivity index (χ0) is 19.8. The standard InChI is InChI=1S/C20H25N3O3S.ClH/c1-14(15-9-11-16(12-10-15)27(25,26)22(2)3)20(24)23-13-5-6-17-18(21)7-4-8-19(17)23;/h4,7-12,14H,5-6,13,21H2,1-3H3;1H. The van der Waals surface area contributed by atoms with Crippen LogP contribution < -0.4 is 10.6 Å². The van der Waals surface area contributed by atoms with Gasteiger partial charge < -0.3 is 10.6 Å². The van der Waals surface area contributed by atoms with Crippen molar-refractivity contribution < 1.29 is 13.2 Å². The monoisotopic (exact) mass is 423 g/mol. The summed E-state index contributed by atoms with van der Waals surface area (Å²) in [5, 5.41) is 0. The molecule has 0 spiro atoms. The fourth-order valence-corrected chi connectivity index (χ4v) is 4.30. The number of carbonyl (C=O) groups excluding carboxylic acids is 1. The molecule has 0 bridgehead atoms. The number of hydrogen-bond donors (Lipinski definition) is 1. The van der Waals surface area contributed by atoms with Crippen molar-refractivity contribution in [2.45, 2.75) is 30.6 Å². The van der Waals surface area contributed by atoms with Crippen LogP contribution in [0.3, 0.4) is 0 Å². The van der Waals surface area contributed by atoms with Crippen LogP contribution in [0.1, 0.15) is 30.4 Å². The van der Waals surface area contributed by atoms with E-state index in [0.717, 1.165) is 35.3 Å². The summed E-state index contributed by atoms with van der Waals surface area (Å²) in [6, 6.07) is 12.2. The number of hydrogen-bond acceptors (Lipinski definition) is 4. The van der Waals surface area contributed by atoms with Gasteiger partial charge >= 0.3 is 0 Å². The number of halogens is 1. The van der Waals surface area contributed by atoms with Crippen LogP contribution in [0.5, 0.6) is 0 Å². The van der Waals surface area contributed by atoms with Gasteiger partial charge in [-0.05, 0) is 55.2 Å². The van der Waals surface area contributed by atoms with E-state index in [0.29, 0.717) is 6.54 Å². The molecule has 0 radical (unpaired) electrons. The normalized spacial score (nSPS) is 14.9. The van der Waals surface area contributed by atoms with E-state index in [9.17, 15) is 13.2 Å². The van der Waals surface area contributed by atoms with Gasteiger partial charge in [-0.1, -0.05) is 18.2 Å². The average Bonchev–Trinajstić information content (AvgIpc) is 2.67. The van der Waals surface area contributed by atoms with Gasteiger partial charge in [0.1, 0.15) is 0 Å².